The van der Waals surface area contributed by atoms with Gasteiger partial charge in [0, 0.05) is 22.7 Å². The van der Waals surface area contributed by atoms with E-state index >= 15 is 0 Å². The van der Waals surface area contributed by atoms with Crippen LogP contribution in [0.2, 0.25) is 5.02 Å². The van der Waals surface area contributed by atoms with Crippen molar-refractivity contribution < 1.29 is 8.78 Å². The summed E-state index contributed by atoms with van der Waals surface area (Å²) in [5.41, 5.74) is 1.37. The maximum absolute atomic E-state index is 13.7. The van der Waals surface area contributed by atoms with Crippen molar-refractivity contribution in [3.05, 3.63) is 70.2 Å². The lowest BCUT2D eigenvalue weighted by Gasteiger charge is -2.21. The largest absolute Gasteiger partial charge is 0.307 e. The van der Waals surface area contributed by atoms with Gasteiger partial charge in [-0.15, -0.1) is 0 Å². The normalized spacial score (nSPS) is 14.0. The SMILES string of the molecule is CC(Cc1ccccc1Cl)NC(C)c1cc(F)ccc1F. The van der Waals surface area contributed by atoms with Gasteiger partial charge < -0.3 is 5.32 Å². The van der Waals surface area contributed by atoms with Crippen LogP contribution in [0, 0.1) is 11.6 Å². The molecular weight excluding hydrogens is 292 g/mol. The van der Waals surface area contributed by atoms with Crippen LogP contribution in [-0.2, 0) is 6.42 Å². The molecule has 0 radical (unpaired) electrons. The third kappa shape index (κ3) is 4.26. The summed E-state index contributed by atoms with van der Waals surface area (Å²) in [6.07, 6.45) is 0.723. The van der Waals surface area contributed by atoms with Gasteiger partial charge in [-0.1, -0.05) is 29.8 Å². The first-order valence-corrected chi connectivity index (χ1v) is 7.29. The number of hydrogen-bond acceptors (Lipinski definition) is 1. The minimum absolute atomic E-state index is 0.0857. The molecule has 0 aromatic heterocycles. The summed E-state index contributed by atoms with van der Waals surface area (Å²) < 4.78 is 27.0. The average molecular weight is 310 g/mol. The topological polar surface area (TPSA) is 12.0 Å². The zero-order chi connectivity index (χ0) is 15.4. The Hall–Kier alpha value is -1.45. The van der Waals surface area contributed by atoms with Crippen molar-refractivity contribution in [1.29, 1.82) is 0 Å². The highest BCUT2D eigenvalue weighted by Gasteiger charge is 2.15. The van der Waals surface area contributed by atoms with Crippen LogP contribution in [-0.4, -0.2) is 6.04 Å². The summed E-state index contributed by atoms with van der Waals surface area (Å²) in [5, 5.41) is 3.99. The minimum Gasteiger partial charge on any atom is -0.307 e. The van der Waals surface area contributed by atoms with E-state index in [9.17, 15) is 8.78 Å². The van der Waals surface area contributed by atoms with Crippen LogP contribution < -0.4 is 5.32 Å². The van der Waals surface area contributed by atoms with E-state index in [1.54, 1.807) is 0 Å². The molecule has 0 saturated heterocycles. The quantitative estimate of drug-likeness (QED) is 0.828. The van der Waals surface area contributed by atoms with Gasteiger partial charge in [0.15, 0.2) is 0 Å². The van der Waals surface area contributed by atoms with Gasteiger partial charge in [-0.05, 0) is 50.1 Å². The molecule has 0 fully saturated rings. The Kier molecular flexibility index (Phi) is 5.32. The predicted molar refractivity (Wildman–Crippen MR) is 82.5 cm³/mol. The molecule has 1 nitrogen and oxygen atoms in total. The zero-order valence-corrected chi connectivity index (χ0v) is 12.8. The first-order valence-electron chi connectivity index (χ1n) is 6.91. The van der Waals surface area contributed by atoms with Gasteiger partial charge >= 0.3 is 0 Å². The fourth-order valence-corrected chi connectivity index (χ4v) is 2.63. The van der Waals surface area contributed by atoms with Crippen LogP contribution in [0.1, 0.15) is 31.0 Å². The third-order valence-corrected chi connectivity index (χ3v) is 3.81. The van der Waals surface area contributed by atoms with E-state index in [1.807, 2.05) is 38.1 Å². The first kappa shape index (κ1) is 15.9. The van der Waals surface area contributed by atoms with Gasteiger partial charge in [0.1, 0.15) is 11.6 Å². The maximum atomic E-state index is 13.7. The molecule has 2 aromatic rings. The fourth-order valence-electron chi connectivity index (χ4n) is 2.42. The molecule has 21 heavy (non-hydrogen) atoms. The molecule has 0 amide bonds. The molecule has 0 saturated carbocycles. The van der Waals surface area contributed by atoms with E-state index < -0.39 is 11.6 Å². The van der Waals surface area contributed by atoms with Gasteiger partial charge in [-0.3, -0.25) is 0 Å². The van der Waals surface area contributed by atoms with E-state index in [0.29, 0.717) is 5.56 Å². The van der Waals surface area contributed by atoms with Crippen molar-refractivity contribution in [2.45, 2.75) is 32.4 Å². The molecule has 0 aliphatic rings. The van der Waals surface area contributed by atoms with Gasteiger partial charge in [0.05, 0.1) is 0 Å². The summed E-state index contributed by atoms with van der Waals surface area (Å²) in [7, 11) is 0. The lowest BCUT2D eigenvalue weighted by Crippen LogP contribution is -2.31. The first-order chi connectivity index (χ1) is 9.97. The van der Waals surface area contributed by atoms with E-state index in [0.717, 1.165) is 29.1 Å². The summed E-state index contributed by atoms with van der Waals surface area (Å²) in [6.45, 7) is 3.82. The second-order valence-electron chi connectivity index (χ2n) is 5.25. The number of nitrogens with one attached hydrogen (secondary N) is 1. The molecular formula is C17H18ClF2N. The van der Waals surface area contributed by atoms with Crippen molar-refractivity contribution in [1.82, 2.24) is 5.32 Å². The highest BCUT2D eigenvalue weighted by atomic mass is 35.5. The van der Waals surface area contributed by atoms with Gasteiger partial charge in [0.25, 0.3) is 0 Å². The Morgan fingerprint density at radius 3 is 2.52 bits per heavy atom. The van der Waals surface area contributed by atoms with Crippen molar-refractivity contribution in [3.63, 3.8) is 0 Å². The molecule has 0 bridgehead atoms. The number of halogens is 3. The molecule has 0 spiro atoms. The number of benzene rings is 2. The Morgan fingerprint density at radius 2 is 1.81 bits per heavy atom. The van der Waals surface area contributed by atoms with E-state index in [-0.39, 0.29) is 12.1 Å². The van der Waals surface area contributed by atoms with Crippen LogP contribution in [0.4, 0.5) is 8.78 Å². The molecule has 2 rings (SSSR count). The van der Waals surface area contributed by atoms with Crippen molar-refractivity contribution in [3.8, 4) is 0 Å². The second-order valence-corrected chi connectivity index (χ2v) is 5.66. The molecule has 4 heteroatoms. The summed E-state index contributed by atoms with van der Waals surface area (Å²) >= 11 is 6.13. The Morgan fingerprint density at radius 1 is 1.10 bits per heavy atom. The molecule has 0 aliphatic carbocycles. The number of hydrogen-bond donors (Lipinski definition) is 1. The summed E-state index contributed by atoms with van der Waals surface area (Å²) in [6, 6.07) is 10.9. The van der Waals surface area contributed by atoms with E-state index in [1.165, 1.54) is 6.07 Å². The fraction of sp³-hybridized carbons (Fsp3) is 0.294. The Bertz CT molecular complexity index is 615. The van der Waals surface area contributed by atoms with Crippen molar-refractivity contribution >= 4 is 11.6 Å². The molecule has 112 valence electrons. The van der Waals surface area contributed by atoms with Crippen LogP contribution >= 0.6 is 11.6 Å². The minimum atomic E-state index is -0.432. The molecule has 0 heterocycles. The second kappa shape index (κ2) is 7.01. The Labute approximate surface area is 128 Å². The van der Waals surface area contributed by atoms with E-state index in [2.05, 4.69) is 5.32 Å². The monoisotopic (exact) mass is 309 g/mol. The summed E-state index contributed by atoms with van der Waals surface area (Å²) in [4.78, 5) is 0. The van der Waals surface area contributed by atoms with Crippen molar-refractivity contribution in [2.24, 2.45) is 0 Å². The highest BCUT2D eigenvalue weighted by Crippen LogP contribution is 2.21. The summed E-state index contributed by atoms with van der Waals surface area (Å²) in [5.74, 6) is -0.833. The highest BCUT2D eigenvalue weighted by molar-refractivity contribution is 6.31. The van der Waals surface area contributed by atoms with E-state index in [4.69, 9.17) is 11.6 Å². The standard InChI is InChI=1S/C17H18ClF2N/c1-11(9-13-5-3-4-6-16(13)18)21-12(2)15-10-14(19)7-8-17(15)20/h3-8,10-12,21H,9H2,1-2H3. The van der Waals surface area contributed by atoms with Crippen molar-refractivity contribution in [2.75, 3.05) is 0 Å². The van der Waals surface area contributed by atoms with Crippen LogP contribution in [0.25, 0.3) is 0 Å². The van der Waals surface area contributed by atoms with Crippen LogP contribution in [0.15, 0.2) is 42.5 Å². The molecule has 1 N–H and O–H groups in total. The van der Waals surface area contributed by atoms with Gasteiger partial charge in [0.2, 0.25) is 0 Å². The van der Waals surface area contributed by atoms with Crippen LogP contribution in [0.5, 0.6) is 0 Å². The predicted octanol–water partition coefficient (Wildman–Crippen LogP) is 4.90. The molecule has 2 aromatic carbocycles. The lowest BCUT2D eigenvalue weighted by atomic mass is 10.0. The third-order valence-electron chi connectivity index (χ3n) is 3.44. The number of rotatable bonds is 5. The van der Waals surface area contributed by atoms with Crippen LogP contribution in [0.3, 0.4) is 0 Å². The smallest absolute Gasteiger partial charge is 0.128 e. The average Bonchev–Trinajstić information content (AvgIpc) is 2.44. The van der Waals surface area contributed by atoms with Gasteiger partial charge in [-0.25, -0.2) is 8.78 Å². The molecule has 0 aliphatic heterocycles. The molecule has 2 atom stereocenters. The lowest BCUT2D eigenvalue weighted by molar-refractivity contribution is 0.457. The molecule has 2 unspecified atom stereocenters. The zero-order valence-electron chi connectivity index (χ0n) is 12.0. The van der Waals surface area contributed by atoms with Gasteiger partial charge in [-0.2, -0.15) is 0 Å². The Balaban J connectivity index is 2.04. The maximum Gasteiger partial charge on any atom is 0.128 e.